The number of benzene rings is 1. The molecule has 5 heteroatoms. The minimum absolute atomic E-state index is 0.233. The van der Waals surface area contributed by atoms with Crippen molar-refractivity contribution in [3.05, 3.63) is 35.5 Å². The Labute approximate surface area is 89.6 Å². The summed E-state index contributed by atoms with van der Waals surface area (Å²) in [4.78, 5) is 4.14. The summed E-state index contributed by atoms with van der Waals surface area (Å²) < 4.78 is 25.8. The van der Waals surface area contributed by atoms with E-state index in [4.69, 9.17) is 5.26 Å². The van der Waals surface area contributed by atoms with E-state index in [9.17, 15) is 8.78 Å². The smallest absolute Gasteiger partial charge is 0.161 e. The topological polar surface area (TPSA) is 36.7 Å². The lowest BCUT2D eigenvalue weighted by Gasteiger charge is -2.02. The summed E-state index contributed by atoms with van der Waals surface area (Å²) in [5, 5.41) is 9.02. The molecule has 0 bridgehead atoms. The fourth-order valence-corrected chi connectivity index (χ4v) is 1.54. The fraction of sp³-hybridized carbons (Fsp3) is 0. The van der Waals surface area contributed by atoms with Crippen molar-refractivity contribution in [2.75, 3.05) is 0 Å². The molecule has 2 nitrogen and oxygen atoms in total. The number of fused-ring (bicyclic) bond motifs is 1. The average molecular weight is 222 g/mol. The molecule has 0 saturated carbocycles. The number of pyridine rings is 1. The van der Waals surface area contributed by atoms with E-state index in [0.717, 1.165) is 12.1 Å². The number of aromatic nitrogens is 1. The molecule has 0 amide bonds. The Bertz CT molecular complexity index is 590. The maximum Gasteiger partial charge on any atom is 0.161 e. The molecule has 0 N–H and O–H groups in total. The van der Waals surface area contributed by atoms with Gasteiger partial charge in [-0.15, -0.1) is 12.6 Å². The first-order valence-corrected chi connectivity index (χ1v) is 4.45. The predicted octanol–water partition coefficient (Wildman–Crippen LogP) is 2.67. The largest absolute Gasteiger partial charge is 0.255 e. The Morgan fingerprint density at radius 3 is 2.60 bits per heavy atom. The molecule has 2 aromatic rings. The predicted molar refractivity (Wildman–Crippen MR) is 53.6 cm³/mol. The number of rotatable bonds is 0. The normalized spacial score (nSPS) is 10.3. The van der Waals surface area contributed by atoms with Crippen molar-refractivity contribution < 1.29 is 8.78 Å². The van der Waals surface area contributed by atoms with Crippen molar-refractivity contribution >= 4 is 23.5 Å². The van der Waals surface area contributed by atoms with Gasteiger partial charge in [0.05, 0.1) is 11.1 Å². The van der Waals surface area contributed by atoms with Crippen LogP contribution in [0, 0.1) is 23.0 Å². The summed E-state index contributed by atoms with van der Waals surface area (Å²) >= 11 is 4.07. The van der Waals surface area contributed by atoms with Crippen LogP contribution >= 0.6 is 12.6 Å². The molecule has 2 rings (SSSR count). The summed E-state index contributed by atoms with van der Waals surface area (Å²) in [5.74, 6) is -1.94. The van der Waals surface area contributed by atoms with E-state index >= 15 is 0 Å². The van der Waals surface area contributed by atoms with Gasteiger partial charge in [-0.3, -0.25) is 4.98 Å². The molecule has 0 aliphatic heterocycles. The lowest BCUT2D eigenvalue weighted by atomic mass is 10.1. The van der Waals surface area contributed by atoms with Crippen molar-refractivity contribution in [3.63, 3.8) is 0 Å². The van der Waals surface area contributed by atoms with Gasteiger partial charge >= 0.3 is 0 Å². The lowest BCUT2D eigenvalue weighted by molar-refractivity contribution is 0.510. The second kappa shape index (κ2) is 3.48. The van der Waals surface area contributed by atoms with Crippen molar-refractivity contribution in [1.29, 1.82) is 5.26 Å². The second-order valence-corrected chi connectivity index (χ2v) is 3.36. The third-order valence-corrected chi connectivity index (χ3v) is 2.48. The Balaban J connectivity index is 2.89. The van der Waals surface area contributed by atoms with Crippen LogP contribution in [0.2, 0.25) is 0 Å². The van der Waals surface area contributed by atoms with Gasteiger partial charge in [0.2, 0.25) is 0 Å². The molecule has 0 aliphatic carbocycles. The molecule has 0 radical (unpaired) electrons. The van der Waals surface area contributed by atoms with Crippen LogP contribution in [0.15, 0.2) is 23.2 Å². The first-order valence-electron chi connectivity index (χ1n) is 4.00. The third kappa shape index (κ3) is 1.53. The molecule has 0 unspecified atom stereocenters. The van der Waals surface area contributed by atoms with Gasteiger partial charge in [-0.25, -0.2) is 8.78 Å². The quantitative estimate of drug-likeness (QED) is 0.696. The van der Waals surface area contributed by atoms with E-state index in [2.05, 4.69) is 17.6 Å². The van der Waals surface area contributed by atoms with E-state index in [1.807, 2.05) is 6.07 Å². The molecular formula is C10H4F2N2S. The monoisotopic (exact) mass is 222 g/mol. The molecule has 0 spiro atoms. The van der Waals surface area contributed by atoms with Gasteiger partial charge in [0.1, 0.15) is 6.07 Å². The fourth-order valence-electron chi connectivity index (χ4n) is 1.25. The number of nitrogens with zero attached hydrogens (tertiary/aromatic N) is 2. The van der Waals surface area contributed by atoms with Crippen LogP contribution in [0.5, 0.6) is 0 Å². The molecule has 0 fully saturated rings. The molecule has 1 aromatic heterocycles. The van der Waals surface area contributed by atoms with Crippen LogP contribution in [0.3, 0.4) is 0 Å². The van der Waals surface area contributed by atoms with Gasteiger partial charge < -0.3 is 0 Å². The van der Waals surface area contributed by atoms with Crippen molar-refractivity contribution in [2.45, 2.75) is 4.90 Å². The molecule has 15 heavy (non-hydrogen) atoms. The minimum atomic E-state index is -0.977. The molecular weight excluding hydrogens is 218 g/mol. The standard InChI is InChI=1S/C10H4F2N2S/c11-7-1-6-9(2-8(7)12)14-4-5(3-13)10(6)15/h1-2,4H,(H,14,15). The van der Waals surface area contributed by atoms with Crippen molar-refractivity contribution in [1.82, 2.24) is 4.98 Å². The summed E-state index contributed by atoms with van der Waals surface area (Å²) in [6, 6.07) is 3.83. The Morgan fingerprint density at radius 1 is 1.27 bits per heavy atom. The Kier molecular flexibility index (Phi) is 2.29. The third-order valence-electron chi connectivity index (χ3n) is 2.00. The van der Waals surface area contributed by atoms with Crippen LogP contribution in [0.1, 0.15) is 5.56 Å². The second-order valence-electron chi connectivity index (χ2n) is 2.92. The highest BCUT2D eigenvalue weighted by molar-refractivity contribution is 7.80. The first kappa shape index (κ1) is 9.87. The zero-order valence-electron chi connectivity index (χ0n) is 7.33. The van der Waals surface area contributed by atoms with Crippen LogP contribution in [-0.4, -0.2) is 4.98 Å². The number of hydrogen-bond acceptors (Lipinski definition) is 3. The maximum absolute atomic E-state index is 12.9. The maximum atomic E-state index is 12.9. The van der Waals surface area contributed by atoms with Crippen LogP contribution < -0.4 is 0 Å². The molecule has 0 saturated heterocycles. The van der Waals surface area contributed by atoms with Gasteiger partial charge in [-0.2, -0.15) is 5.26 Å². The van der Waals surface area contributed by atoms with Gasteiger partial charge in [-0.05, 0) is 6.07 Å². The van der Waals surface area contributed by atoms with E-state index in [0.29, 0.717) is 10.3 Å². The summed E-state index contributed by atoms with van der Waals surface area (Å²) in [6.45, 7) is 0. The van der Waals surface area contributed by atoms with Gasteiger partial charge in [0.25, 0.3) is 0 Å². The van der Waals surface area contributed by atoms with Gasteiger partial charge in [-0.1, -0.05) is 0 Å². The van der Waals surface area contributed by atoms with E-state index in [1.165, 1.54) is 6.20 Å². The van der Waals surface area contributed by atoms with E-state index in [1.54, 1.807) is 0 Å². The molecule has 1 heterocycles. The zero-order chi connectivity index (χ0) is 11.0. The zero-order valence-corrected chi connectivity index (χ0v) is 8.22. The highest BCUT2D eigenvalue weighted by atomic mass is 32.1. The molecule has 0 aliphatic rings. The van der Waals surface area contributed by atoms with E-state index in [-0.39, 0.29) is 11.1 Å². The summed E-state index contributed by atoms with van der Waals surface area (Å²) in [7, 11) is 0. The summed E-state index contributed by atoms with van der Waals surface area (Å²) in [5.41, 5.74) is 0.509. The Hall–Kier alpha value is -1.67. The number of hydrogen-bond donors (Lipinski definition) is 1. The Morgan fingerprint density at radius 2 is 1.93 bits per heavy atom. The average Bonchev–Trinajstić information content (AvgIpc) is 2.22. The van der Waals surface area contributed by atoms with Crippen LogP contribution in [0.25, 0.3) is 10.9 Å². The van der Waals surface area contributed by atoms with E-state index < -0.39 is 11.6 Å². The van der Waals surface area contributed by atoms with Crippen LogP contribution in [-0.2, 0) is 0 Å². The van der Waals surface area contributed by atoms with Gasteiger partial charge in [0.15, 0.2) is 11.6 Å². The SMILES string of the molecule is N#Cc1cnc2cc(F)c(F)cc2c1S. The minimum Gasteiger partial charge on any atom is -0.255 e. The van der Waals surface area contributed by atoms with Crippen LogP contribution in [0.4, 0.5) is 8.78 Å². The molecule has 74 valence electrons. The van der Waals surface area contributed by atoms with Gasteiger partial charge in [0, 0.05) is 22.5 Å². The van der Waals surface area contributed by atoms with Crippen molar-refractivity contribution in [3.8, 4) is 6.07 Å². The first-order chi connectivity index (χ1) is 7.13. The number of thiol groups is 1. The highest BCUT2D eigenvalue weighted by Crippen LogP contribution is 2.25. The summed E-state index contributed by atoms with van der Waals surface area (Å²) in [6.07, 6.45) is 1.28. The van der Waals surface area contributed by atoms with Crippen molar-refractivity contribution in [2.24, 2.45) is 0 Å². The lowest BCUT2D eigenvalue weighted by Crippen LogP contribution is -1.90. The number of nitriles is 1. The highest BCUT2D eigenvalue weighted by Gasteiger charge is 2.09. The molecule has 0 atom stereocenters. The molecule has 1 aromatic carbocycles. The number of halogens is 2.